The zero-order chi connectivity index (χ0) is 9.90. The predicted octanol–water partition coefficient (Wildman–Crippen LogP) is 1.54. The number of benzene rings is 1. The van der Waals surface area contributed by atoms with Crippen LogP contribution in [0.3, 0.4) is 0 Å². The monoisotopic (exact) mass is 180 g/mol. The van der Waals surface area contributed by atoms with E-state index in [1.54, 1.807) is 18.2 Å². The second kappa shape index (κ2) is 3.66. The molecule has 72 valence electrons. The quantitative estimate of drug-likeness (QED) is 0.661. The number of aromatic hydroxyl groups is 1. The van der Waals surface area contributed by atoms with Crippen molar-refractivity contribution in [3.63, 3.8) is 0 Å². The van der Waals surface area contributed by atoms with Gasteiger partial charge in [-0.05, 0) is 26.0 Å². The van der Waals surface area contributed by atoms with E-state index in [2.05, 4.69) is 5.32 Å². The smallest absolute Gasteiger partial charge is 0.117 e. The van der Waals surface area contributed by atoms with E-state index in [-0.39, 0.29) is 11.3 Å². The summed E-state index contributed by atoms with van der Waals surface area (Å²) in [7, 11) is 0. The first-order chi connectivity index (χ1) is 6.03. The third kappa shape index (κ3) is 2.95. The fourth-order valence-corrected chi connectivity index (χ4v) is 1.03. The van der Waals surface area contributed by atoms with Gasteiger partial charge in [0.05, 0.1) is 0 Å². The summed E-state index contributed by atoms with van der Waals surface area (Å²) in [5.41, 5.74) is 6.31. The molecule has 0 atom stereocenters. The number of phenolic OH excluding ortho intramolecular Hbond substituents is 1. The molecule has 0 unspecified atom stereocenters. The first-order valence-corrected chi connectivity index (χ1v) is 4.31. The van der Waals surface area contributed by atoms with Crippen LogP contribution in [-0.2, 0) is 0 Å². The standard InChI is InChI=1S/C10H16N2O/c1-10(2,7-11)12-8-4-3-5-9(13)6-8/h3-6,12-13H,7,11H2,1-2H3. The molecule has 0 aliphatic carbocycles. The molecular weight excluding hydrogens is 164 g/mol. The van der Waals surface area contributed by atoms with E-state index in [4.69, 9.17) is 5.73 Å². The Morgan fingerprint density at radius 2 is 2.15 bits per heavy atom. The summed E-state index contributed by atoms with van der Waals surface area (Å²) >= 11 is 0. The highest BCUT2D eigenvalue weighted by molar-refractivity contribution is 5.49. The fraction of sp³-hybridized carbons (Fsp3) is 0.400. The Morgan fingerprint density at radius 3 is 2.69 bits per heavy atom. The van der Waals surface area contributed by atoms with Crippen LogP contribution in [0.1, 0.15) is 13.8 Å². The van der Waals surface area contributed by atoms with Crippen molar-refractivity contribution in [1.82, 2.24) is 0 Å². The van der Waals surface area contributed by atoms with Crippen molar-refractivity contribution in [2.75, 3.05) is 11.9 Å². The van der Waals surface area contributed by atoms with E-state index >= 15 is 0 Å². The molecule has 0 radical (unpaired) electrons. The van der Waals surface area contributed by atoms with Crippen molar-refractivity contribution < 1.29 is 5.11 Å². The minimum absolute atomic E-state index is 0.145. The lowest BCUT2D eigenvalue weighted by Gasteiger charge is -2.25. The fourth-order valence-electron chi connectivity index (χ4n) is 1.03. The second-order valence-electron chi connectivity index (χ2n) is 3.76. The van der Waals surface area contributed by atoms with Gasteiger partial charge in [-0.2, -0.15) is 0 Å². The molecule has 0 aliphatic rings. The first kappa shape index (κ1) is 9.86. The minimum atomic E-state index is -0.145. The number of hydrogen-bond acceptors (Lipinski definition) is 3. The molecule has 3 heteroatoms. The Kier molecular flexibility index (Phi) is 2.78. The maximum Gasteiger partial charge on any atom is 0.117 e. The molecule has 0 aromatic heterocycles. The molecular formula is C10H16N2O. The Balaban J connectivity index is 2.74. The molecule has 0 aliphatic heterocycles. The molecule has 1 aromatic rings. The van der Waals surface area contributed by atoms with Gasteiger partial charge in [0.25, 0.3) is 0 Å². The third-order valence-corrected chi connectivity index (χ3v) is 1.84. The van der Waals surface area contributed by atoms with Crippen molar-refractivity contribution in [2.24, 2.45) is 5.73 Å². The Labute approximate surface area is 78.6 Å². The van der Waals surface area contributed by atoms with E-state index in [1.807, 2.05) is 19.9 Å². The topological polar surface area (TPSA) is 58.3 Å². The molecule has 0 amide bonds. The zero-order valence-electron chi connectivity index (χ0n) is 8.04. The van der Waals surface area contributed by atoms with Gasteiger partial charge in [0.2, 0.25) is 0 Å². The van der Waals surface area contributed by atoms with Gasteiger partial charge in [0.15, 0.2) is 0 Å². The molecule has 0 spiro atoms. The number of anilines is 1. The van der Waals surface area contributed by atoms with E-state index in [9.17, 15) is 5.11 Å². The summed E-state index contributed by atoms with van der Waals surface area (Å²) < 4.78 is 0. The summed E-state index contributed by atoms with van der Waals surface area (Å²) in [5, 5.41) is 12.4. The average Bonchev–Trinajstić information content (AvgIpc) is 2.03. The van der Waals surface area contributed by atoms with Crippen molar-refractivity contribution in [3.05, 3.63) is 24.3 Å². The van der Waals surface area contributed by atoms with E-state index < -0.39 is 0 Å². The molecule has 13 heavy (non-hydrogen) atoms. The largest absolute Gasteiger partial charge is 0.508 e. The SMILES string of the molecule is CC(C)(CN)Nc1cccc(O)c1. The molecule has 0 saturated heterocycles. The lowest BCUT2D eigenvalue weighted by atomic mass is 10.1. The lowest BCUT2D eigenvalue weighted by Crippen LogP contribution is -2.39. The molecule has 0 heterocycles. The third-order valence-electron chi connectivity index (χ3n) is 1.84. The molecule has 0 fully saturated rings. The average molecular weight is 180 g/mol. The number of rotatable bonds is 3. The van der Waals surface area contributed by atoms with Crippen LogP contribution in [-0.4, -0.2) is 17.2 Å². The van der Waals surface area contributed by atoms with Gasteiger partial charge in [-0.1, -0.05) is 6.07 Å². The normalized spacial score (nSPS) is 11.3. The van der Waals surface area contributed by atoms with E-state index in [0.29, 0.717) is 6.54 Å². The van der Waals surface area contributed by atoms with Crippen LogP contribution in [0.2, 0.25) is 0 Å². The summed E-state index contributed by atoms with van der Waals surface area (Å²) in [6.45, 7) is 4.57. The second-order valence-corrected chi connectivity index (χ2v) is 3.76. The zero-order valence-corrected chi connectivity index (χ0v) is 8.04. The first-order valence-electron chi connectivity index (χ1n) is 4.31. The van der Waals surface area contributed by atoms with Gasteiger partial charge in [0, 0.05) is 23.8 Å². The van der Waals surface area contributed by atoms with Crippen molar-refractivity contribution in [1.29, 1.82) is 0 Å². The van der Waals surface area contributed by atoms with Crippen LogP contribution in [0.4, 0.5) is 5.69 Å². The number of phenols is 1. The number of hydrogen-bond donors (Lipinski definition) is 3. The number of nitrogens with one attached hydrogen (secondary N) is 1. The number of nitrogens with two attached hydrogens (primary N) is 1. The molecule has 0 saturated carbocycles. The Bertz CT molecular complexity index is 284. The highest BCUT2D eigenvalue weighted by Gasteiger charge is 2.14. The van der Waals surface area contributed by atoms with Crippen LogP contribution >= 0.6 is 0 Å². The maximum absolute atomic E-state index is 9.21. The van der Waals surface area contributed by atoms with Gasteiger partial charge in [-0.25, -0.2) is 0 Å². The van der Waals surface area contributed by atoms with Gasteiger partial charge in [0.1, 0.15) is 5.75 Å². The minimum Gasteiger partial charge on any atom is -0.508 e. The molecule has 1 aromatic carbocycles. The van der Waals surface area contributed by atoms with Crippen LogP contribution in [0.25, 0.3) is 0 Å². The van der Waals surface area contributed by atoms with Gasteiger partial charge >= 0.3 is 0 Å². The Hall–Kier alpha value is -1.22. The van der Waals surface area contributed by atoms with Crippen LogP contribution in [0, 0.1) is 0 Å². The van der Waals surface area contributed by atoms with Crippen LogP contribution in [0.5, 0.6) is 5.75 Å². The summed E-state index contributed by atoms with van der Waals surface area (Å²) in [4.78, 5) is 0. The molecule has 3 nitrogen and oxygen atoms in total. The highest BCUT2D eigenvalue weighted by Crippen LogP contribution is 2.18. The van der Waals surface area contributed by atoms with Crippen molar-refractivity contribution in [3.8, 4) is 5.75 Å². The van der Waals surface area contributed by atoms with Crippen LogP contribution < -0.4 is 11.1 Å². The van der Waals surface area contributed by atoms with E-state index in [0.717, 1.165) is 5.69 Å². The highest BCUT2D eigenvalue weighted by atomic mass is 16.3. The van der Waals surface area contributed by atoms with Gasteiger partial charge in [-0.3, -0.25) is 0 Å². The molecule has 4 N–H and O–H groups in total. The van der Waals surface area contributed by atoms with Gasteiger partial charge in [-0.15, -0.1) is 0 Å². The Morgan fingerprint density at radius 1 is 1.46 bits per heavy atom. The predicted molar refractivity (Wildman–Crippen MR) is 54.9 cm³/mol. The van der Waals surface area contributed by atoms with Gasteiger partial charge < -0.3 is 16.2 Å². The van der Waals surface area contributed by atoms with E-state index in [1.165, 1.54) is 0 Å². The molecule has 0 bridgehead atoms. The van der Waals surface area contributed by atoms with Crippen LogP contribution in [0.15, 0.2) is 24.3 Å². The lowest BCUT2D eigenvalue weighted by molar-refractivity contribution is 0.475. The molecule has 1 rings (SSSR count). The summed E-state index contributed by atoms with van der Waals surface area (Å²) in [6, 6.07) is 7.01. The maximum atomic E-state index is 9.21. The summed E-state index contributed by atoms with van der Waals surface area (Å²) in [5.74, 6) is 0.262. The van der Waals surface area contributed by atoms with Crippen molar-refractivity contribution >= 4 is 5.69 Å². The van der Waals surface area contributed by atoms with Crippen molar-refractivity contribution in [2.45, 2.75) is 19.4 Å². The summed E-state index contributed by atoms with van der Waals surface area (Å²) in [6.07, 6.45) is 0.